The van der Waals surface area contributed by atoms with Gasteiger partial charge in [0.25, 0.3) is 0 Å². The van der Waals surface area contributed by atoms with Gasteiger partial charge in [-0.05, 0) is 58.5 Å². The second kappa shape index (κ2) is 9.39. The first kappa shape index (κ1) is 22.6. The Kier molecular flexibility index (Phi) is 7.08. The monoisotopic (exact) mass is 484 g/mol. The molecule has 0 aromatic heterocycles. The maximum atomic E-state index is 15.0. The zero-order valence-electron chi connectivity index (χ0n) is 17.7. The summed E-state index contributed by atoms with van der Waals surface area (Å²) in [5.41, 5.74) is 2.09. The molecular weight excluding hydrogens is 458 g/mol. The van der Waals surface area contributed by atoms with Crippen molar-refractivity contribution in [2.24, 2.45) is 5.41 Å². The van der Waals surface area contributed by atoms with E-state index in [-0.39, 0.29) is 22.7 Å². The van der Waals surface area contributed by atoms with Gasteiger partial charge in [0.15, 0.2) is 29.9 Å². The van der Waals surface area contributed by atoms with Gasteiger partial charge >= 0.3 is 0 Å². The Labute approximate surface area is 184 Å². The highest BCUT2D eigenvalue weighted by atomic mass is 79.9. The number of ether oxygens (including phenoxy) is 3. The van der Waals surface area contributed by atoms with Gasteiger partial charge < -0.3 is 24.4 Å². The molecule has 2 aromatic rings. The van der Waals surface area contributed by atoms with Gasteiger partial charge in [-0.1, -0.05) is 13.8 Å². The Morgan fingerprint density at radius 1 is 1.03 bits per heavy atom. The molecule has 1 saturated heterocycles. The molecule has 0 unspecified atom stereocenters. The number of hydrogen-bond acceptors (Lipinski definition) is 5. The number of nitrogens with one attached hydrogen (secondary N) is 1. The van der Waals surface area contributed by atoms with Crippen molar-refractivity contribution in [3.63, 3.8) is 0 Å². The van der Waals surface area contributed by atoms with Gasteiger partial charge in [-0.3, -0.25) is 0 Å². The molecule has 2 aromatic carbocycles. The van der Waals surface area contributed by atoms with Crippen LogP contribution in [-0.2, 0) is 4.74 Å². The van der Waals surface area contributed by atoms with Gasteiger partial charge in [0.2, 0.25) is 0 Å². The summed E-state index contributed by atoms with van der Waals surface area (Å²) < 4.78 is 44.5. The van der Waals surface area contributed by atoms with Crippen LogP contribution >= 0.6 is 15.9 Å². The van der Waals surface area contributed by atoms with Crippen molar-refractivity contribution in [2.45, 2.75) is 26.7 Å². The molecule has 0 atom stereocenters. The largest absolute Gasteiger partial charge is 0.491 e. The number of piperidine rings is 1. The quantitative estimate of drug-likeness (QED) is 0.380. The Balaban J connectivity index is 1.86. The molecule has 0 amide bonds. The Morgan fingerprint density at radius 2 is 1.67 bits per heavy atom. The molecule has 5 nitrogen and oxygen atoms in total. The highest BCUT2D eigenvalue weighted by molar-refractivity contribution is 9.10. The second-order valence-electron chi connectivity index (χ2n) is 8.05. The van der Waals surface area contributed by atoms with Crippen LogP contribution < -0.4 is 19.7 Å². The normalized spacial score (nSPS) is 15.8. The van der Waals surface area contributed by atoms with E-state index in [9.17, 15) is 8.78 Å². The van der Waals surface area contributed by atoms with Crippen LogP contribution in [0.2, 0.25) is 0 Å². The fourth-order valence-corrected chi connectivity index (χ4v) is 3.93. The lowest BCUT2D eigenvalue weighted by Crippen LogP contribution is -2.37. The van der Waals surface area contributed by atoms with Crippen molar-refractivity contribution < 1.29 is 23.0 Å². The summed E-state index contributed by atoms with van der Waals surface area (Å²) in [6, 6.07) is 7.70. The van der Waals surface area contributed by atoms with Crippen molar-refractivity contribution in [1.29, 1.82) is 0 Å². The third-order valence-corrected chi connectivity index (χ3v) is 6.09. The van der Waals surface area contributed by atoms with Crippen LogP contribution in [-0.4, -0.2) is 34.1 Å². The highest BCUT2D eigenvalue weighted by Crippen LogP contribution is 2.45. The molecule has 0 spiro atoms. The number of methoxy groups -OCH3 is 2. The zero-order valence-corrected chi connectivity index (χ0v) is 19.2. The lowest BCUT2D eigenvalue weighted by molar-refractivity contribution is 0.0505. The van der Waals surface area contributed by atoms with Crippen LogP contribution in [0.3, 0.4) is 0 Å². The minimum Gasteiger partial charge on any atom is -0.491 e. The molecule has 8 heteroatoms. The molecule has 1 aliphatic rings. The lowest BCUT2D eigenvalue weighted by atomic mass is 9.82. The SMILES string of the molecule is COCOc1c(Br)c(F)c(OC)c(F)c1Nc1ccc(N2CCC(C)(C)CC2)cc1. The van der Waals surface area contributed by atoms with Crippen LogP contribution in [0.5, 0.6) is 11.5 Å². The molecule has 3 rings (SSSR count). The van der Waals surface area contributed by atoms with Crippen LogP contribution in [0.1, 0.15) is 26.7 Å². The van der Waals surface area contributed by atoms with Crippen molar-refractivity contribution >= 4 is 33.0 Å². The second-order valence-corrected chi connectivity index (χ2v) is 8.85. The minimum absolute atomic E-state index is 0.0324. The minimum atomic E-state index is -0.883. The molecule has 164 valence electrons. The van der Waals surface area contributed by atoms with Crippen LogP contribution in [0, 0.1) is 17.0 Å². The number of halogens is 3. The number of benzene rings is 2. The van der Waals surface area contributed by atoms with Gasteiger partial charge in [0.1, 0.15) is 10.2 Å². The average molecular weight is 485 g/mol. The molecule has 1 N–H and O–H groups in total. The third kappa shape index (κ3) is 4.81. The van der Waals surface area contributed by atoms with E-state index in [1.54, 1.807) is 0 Å². The Morgan fingerprint density at radius 3 is 2.23 bits per heavy atom. The maximum absolute atomic E-state index is 15.0. The van der Waals surface area contributed by atoms with E-state index in [0.717, 1.165) is 31.6 Å². The summed E-state index contributed by atoms with van der Waals surface area (Å²) in [5, 5.41) is 2.98. The predicted octanol–water partition coefficient (Wildman–Crippen LogP) is 6.09. The third-order valence-electron chi connectivity index (χ3n) is 5.38. The molecule has 0 saturated carbocycles. The van der Waals surface area contributed by atoms with E-state index in [2.05, 4.69) is 40.0 Å². The van der Waals surface area contributed by atoms with Gasteiger partial charge in [-0.15, -0.1) is 0 Å². The maximum Gasteiger partial charge on any atom is 0.195 e. The van der Waals surface area contributed by atoms with E-state index >= 15 is 0 Å². The molecule has 1 fully saturated rings. The first-order chi connectivity index (χ1) is 14.3. The number of hydrogen-bond donors (Lipinski definition) is 1. The summed E-state index contributed by atoms with van der Waals surface area (Å²) in [6.07, 6.45) is 2.28. The Hall–Kier alpha value is -2.06. The molecule has 0 bridgehead atoms. The van der Waals surface area contributed by atoms with Crippen molar-refractivity contribution in [3.05, 3.63) is 40.4 Å². The summed E-state index contributed by atoms with van der Waals surface area (Å²) in [4.78, 5) is 2.35. The smallest absolute Gasteiger partial charge is 0.195 e. The highest BCUT2D eigenvalue weighted by Gasteiger charge is 2.27. The topological polar surface area (TPSA) is 43.0 Å². The molecule has 1 aliphatic heterocycles. The van der Waals surface area contributed by atoms with Crippen LogP contribution in [0.25, 0.3) is 0 Å². The number of nitrogens with zero attached hydrogens (tertiary/aromatic N) is 1. The van der Waals surface area contributed by atoms with Crippen LogP contribution in [0.15, 0.2) is 28.7 Å². The first-order valence-electron chi connectivity index (χ1n) is 9.75. The fourth-order valence-electron chi connectivity index (χ4n) is 3.43. The molecule has 1 heterocycles. The standard InChI is InChI=1S/C22H27BrF2N2O3/c1-22(2)9-11-27(12-10-22)15-7-5-14(6-8-15)26-19-18(25)21(29-4)17(24)16(23)20(19)30-13-28-3/h5-8,26H,9-13H2,1-4H3. The van der Waals surface area contributed by atoms with E-state index in [1.165, 1.54) is 14.2 Å². The number of anilines is 3. The van der Waals surface area contributed by atoms with E-state index in [1.807, 2.05) is 24.3 Å². The van der Waals surface area contributed by atoms with Gasteiger partial charge in [-0.25, -0.2) is 8.78 Å². The van der Waals surface area contributed by atoms with E-state index in [4.69, 9.17) is 14.2 Å². The summed E-state index contributed by atoms with van der Waals surface area (Å²) in [6.45, 7) is 6.44. The first-order valence-corrected chi connectivity index (χ1v) is 10.5. The van der Waals surface area contributed by atoms with Crippen molar-refractivity contribution in [2.75, 3.05) is 44.3 Å². The van der Waals surface area contributed by atoms with Gasteiger partial charge in [0.05, 0.1) is 7.11 Å². The molecule has 30 heavy (non-hydrogen) atoms. The summed E-state index contributed by atoms with van der Waals surface area (Å²) in [5.74, 6) is -2.29. The fraction of sp³-hybridized carbons (Fsp3) is 0.455. The summed E-state index contributed by atoms with van der Waals surface area (Å²) in [7, 11) is 2.64. The van der Waals surface area contributed by atoms with Crippen LogP contribution in [0.4, 0.5) is 25.8 Å². The van der Waals surface area contributed by atoms with Crippen molar-refractivity contribution in [3.8, 4) is 11.5 Å². The zero-order chi connectivity index (χ0) is 21.9. The molecule has 0 radical (unpaired) electrons. The van der Waals surface area contributed by atoms with Crippen molar-refractivity contribution in [1.82, 2.24) is 0 Å². The van der Waals surface area contributed by atoms with Gasteiger partial charge in [-0.2, -0.15) is 0 Å². The predicted molar refractivity (Wildman–Crippen MR) is 118 cm³/mol. The molecule has 0 aliphatic carbocycles. The lowest BCUT2D eigenvalue weighted by Gasteiger charge is -2.38. The van der Waals surface area contributed by atoms with E-state index in [0.29, 0.717) is 11.1 Å². The molecular formula is C22H27BrF2N2O3. The Bertz CT molecular complexity index is 881. The van der Waals surface area contributed by atoms with E-state index < -0.39 is 17.4 Å². The number of rotatable bonds is 7. The average Bonchev–Trinajstić information content (AvgIpc) is 2.73. The summed E-state index contributed by atoms with van der Waals surface area (Å²) >= 11 is 3.12. The van der Waals surface area contributed by atoms with Gasteiger partial charge in [0, 0.05) is 31.6 Å².